The number of nitrogens with zero attached hydrogens (tertiary/aromatic N) is 1. The Bertz CT molecular complexity index is 641. The van der Waals surface area contributed by atoms with Crippen LogP contribution in [0, 0.1) is 6.92 Å². The minimum Gasteiger partial charge on any atom is -0.397 e. The SMILES string of the molecule is Cc1nc(Nc2ccc(Br)c(C(F)(F)F)c2)ccc1N. The maximum absolute atomic E-state index is 12.8. The van der Waals surface area contributed by atoms with Crippen LogP contribution >= 0.6 is 15.9 Å². The second-order valence-electron chi connectivity index (χ2n) is 4.19. The van der Waals surface area contributed by atoms with Gasteiger partial charge in [0.1, 0.15) is 5.82 Å². The molecule has 3 N–H and O–H groups in total. The number of alkyl halides is 3. The Balaban J connectivity index is 2.32. The van der Waals surface area contributed by atoms with E-state index in [1.54, 1.807) is 19.1 Å². The maximum Gasteiger partial charge on any atom is 0.417 e. The first kappa shape index (κ1) is 14.6. The third kappa shape index (κ3) is 3.22. The first-order valence-corrected chi connectivity index (χ1v) is 6.43. The minimum atomic E-state index is -4.42. The topological polar surface area (TPSA) is 50.9 Å². The second kappa shape index (κ2) is 5.32. The van der Waals surface area contributed by atoms with Gasteiger partial charge in [0.2, 0.25) is 0 Å². The number of rotatable bonds is 2. The van der Waals surface area contributed by atoms with Gasteiger partial charge in [-0.25, -0.2) is 4.98 Å². The number of nitrogens with one attached hydrogen (secondary N) is 1. The van der Waals surface area contributed by atoms with Gasteiger partial charge >= 0.3 is 6.18 Å². The zero-order valence-electron chi connectivity index (χ0n) is 10.4. The lowest BCUT2D eigenvalue weighted by atomic mass is 10.2. The number of aromatic nitrogens is 1. The third-order valence-corrected chi connectivity index (χ3v) is 3.36. The number of halogens is 4. The van der Waals surface area contributed by atoms with Crippen molar-refractivity contribution in [3.8, 4) is 0 Å². The van der Waals surface area contributed by atoms with Crippen molar-refractivity contribution in [3.05, 3.63) is 46.1 Å². The number of benzene rings is 1. The first-order valence-electron chi connectivity index (χ1n) is 5.64. The summed E-state index contributed by atoms with van der Waals surface area (Å²) in [4.78, 5) is 4.15. The largest absolute Gasteiger partial charge is 0.417 e. The number of anilines is 3. The molecule has 0 fully saturated rings. The average Bonchev–Trinajstić information content (AvgIpc) is 2.35. The lowest BCUT2D eigenvalue weighted by Crippen LogP contribution is -2.07. The zero-order valence-corrected chi connectivity index (χ0v) is 12.0. The zero-order chi connectivity index (χ0) is 14.9. The van der Waals surface area contributed by atoms with Gasteiger partial charge in [-0.3, -0.25) is 0 Å². The molecule has 0 aliphatic carbocycles. The van der Waals surface area contributed by atoms with Gasteiger partial charge in [0.25, 0.3) is 0 Å². The average molecular weight is 346 g/mol. The number of hydrogen-bond acceptors (Lipinski definition) is 3. The summed E-state index contributed by atoms with van der Waals surface area (Å²) in [6.45, 7) is 1.73. The van der Waals surface area contributed by atoms with E-state index in [0.29, 0.717) is 22.9 Å². The number of pyridine rings is 1. The summed E-state index contributed by atoms with van der Waals surface area (Å²) in [5.41, 5.74) is 6.34. The smallest absolute Gasteiger partial charge is 0.397 e. The van der Waals surface area contributed by atoms with Gasteiger partial charge in [-0.2, -0.15) is 13.2 Å². The molecule has 1 aromatic carbocycles. The van der Waals surface area contributed by atoms with Crippen molar-refractivity contribution in [1.29, 1.82) is 0 Å². The molecule has 0 saturated heterocycles. The fraction of sp³-hybridized carbons (Fsp3) is 0.154. The minimum absolute atomic E-state index is 0.00278. The molecule has 0 unspecified atom stereocenters. The Hall–Kier alpha value is -1.76. The Morgan fingerprint density at radius 3 is 2.50 bits per heavy atom. The van der Waals surface area contributed by atoms with Crippen LogP contribution in [0.5, 0.6) is 0 Å². The molecule has 1 heterocycles. The number of aryl methyl sites for hydroxylation is 1. The predicted octanol–water partition coefficient (Wildman–Crippen LogP) is 4.50. The van der Waals surface area contributed by atoms with Gasteiger partial charge < -0.3 is 11.1 Å². The van der Waals surface area contributed by atoms with Crippen LogP contribution in [0.15, 0.2) is 34.8 Å². The van der Waals surface area contributed by atoms with E-state index < -0.39 is 11.7 Å². The van der Waals surface area contributed by atoms with E-state index in [0.717, 1.165) is 6.07 Å². The van der Waals surface area contributed by atoms with Crippen molar-refractivity contribution < 1.29 is 13.2 Å². The fourth-order valence-electron chi connectivity index (χ4n) is 1.61. The standard InChI is InChI=1S/C13H11BrF3N3/c1-7-11(18)4-5-12(19-7)20-8-2-3-10(14)9(6-8)13(15,16)17/h2-6H,18H2,1H3,(H,19,20). The quantitative estimate of drug-likeness (QED) is 0.842. The van der Waals surface area contributed by atoms with Crippen molar-refractivity contribution in [1.82, 2.24) is 4.98 Å². The molecule has 0 bridgehead atoms. The van der Waals surface area contributed by atoms with Gasteiger partial charge in [0, 0.05) is 10.2 Å². The molecule has 0 atom stereocenters. The summed E-state index contributed by atoms with van der Waals surface area (Å²) >= 11 is 2.89. The maximum atomic E-state index is 12.8. The van der Waals surface area contributed by atoms with E-state index in [1.807, 2.05) is 0 Å². The molecule has 0 amide bonds. The molecule has 0 aliphatic heterocycles. The highest BCUT2D eigenvalue weighted by atomic mass is 79.9. The summed E-state index contributed by atoms with van der Waals surface area (Å²) in [7, 11) is 0. The van der Waals surface area contributed by atoms with Crippen LogP contribution in [0.2, 0.25) is 0 Å². The van der Waals surface area contributed by atoms with E-state index in [-0.39, 0.29) is 4.47 Å². The summed E-state index contributed by atoms with van der Waals surface area (Å²) in [5, 5.41) is 2.82. The van der Waals surface area contributed by atoms with E-state index in [1.165, 1.54) is 12.1 Å². The van der Waals surface area contributed by atoms with E-state index in [9.17, 15) is 13.2 Å². The molecule has 0 radical (unpaired) electrons. The molecule has 2 aromatic rings. The van der Waals surface area contributed by atoms with Gasteiger partial charge in [-0.15, -0.1) is 0 Å². The monoisotopic (exact) mass is 345 g/mol. The molecule has 1 aromatic heterocycles. The highest BCUT2D eigenvalue weighted by Crippen LogP contribution is 2.36. The van der Waals surface area contributed by atoms with E-state index >= 15 is 0 Å². The molecule has 3 nitrogen and oxygen atoms in total. The first-order chi connectivity index (χ1) is 9.27. The second-order valence-corrected chi connectivity index (χ2v) is 5.04. The summed E-state index contributed by atoms with van der Waals surface area (Å²) in [5.74, 6) is 0.437. The molecule has 106 valence electrons. The number of nitrogens with two attached hydrogens (primary N) is 1. The molecular formula is C13H11BrF3N3. The molecule has 20 heavy (non-hydrogen) atoms. The lowest BCUT2D eigenvalue weighted by molar-refractivity contribution is -0.138. The van der Waals surface area contributed by atoms with E-state index in [2.05, 4.69) is 26.2 Å². The normalized spacial score (nSPS) is 11.4. The molecule has 0 spiro atoms. The van der Waals surface area contributed by atoms with Crippen LogP contribution in [0.1, 0.15) is 11.3 Å². The van der Waals surface area contributed by atoms with Crippen LogP contribution in [0.4, 0.5) is 30.4 Å². The molecule has 0 saturated carbocycles. The fourth-order valence-corrected chi connectivity index (χ4v) is 2.08. The Morgan fingerprint density at radius 1 is 1.20 bits per heavy atom. The van der Waals surface area contributed by atoms with Crippen LogP contribution in [0.3, 0.4) is 0 Å². The molecule has 7 heteroatoms. The highest BCUT2D eigenvalue weighted by molar-refractivity contribution is 9.10. The van der Waals surface area contributed by atoms with Gasteiger partial charge in [0.15, 0.2) is 0 Å². The van der Waals surface area contributed by atoms with Gasteiger partial charge in [0.05, 0.1) is 16.9 Å². The summed E-state index contributed by atoms with van der Waals surface area (Å²) < 4.78 is 38.4. The van der Waals surface area contributed by atoms with Gasteiger partial charge in [-0.1, -0.05) is 15.9 Å². The van der Waals surface area contributed by atoms with Crippen molar-refractivity contribution in [3.63, 3.8) is 0 Å². The van der Waals surface area contributed by atoms with Crippen LogP contribution in [-0.2, 0) is 6.18 Å². The Morgan fingerprint density at radius 2 is 1.90 bits per heavy atom. The lowest BCUT2D eigenvalue weighted by Gasteiger charge is -2.12. The highest BCUT2D eigenvalue weighted by Gasteiger charge is 2.33. The summed E-state index contributed by atoms with van der Waals surface area (Å²) in [6, 6.07) is 7.16. The van der Waals surface area contributed by atoms with Crippen molar-refractivity contribution in [2.45, 2.75) is 13.1 Å². The van der Waals surface area contributed by atoms with E-state index in [4.69, 9.17) is 5.73 Å². The van der Waals surface area contributed by atoms with Crippen LogP contribution in [0.25, 0.3) is 0 Å². The van der Waals surface area contributed by atoms with Crippen molar-refractivity contribution in [2.24, 2.45) is 0 Å². The number of hydrogen-bond donors (Lipinski definition) is 2. The molecule has 0 aliphatic rings. The molecular weight excluding hydrogens is 335 g/mol. The third-order valence-electron chi connectivity index (χ3n) is 2.67. The van der Waals surface area contributed by atoms with Crippen LogP contribution < -0.4 is 11.1 Å². The van der Waals surface area contributed by atoms with Crippen molar-refractivity contribution in [2.75, 3.05) is 11.1 Å². The predicted molar refractivity (Wildman–Crippen MR) is 75.8 cm³/mol. The van der Waals surface area contributed by atoms with Crippen LogP contribution in [-0.4, -0.2) is 4.98 Å². The van der Waals surface area contributed by atoms with Crippen molar-refractivity contribution >= 4 is 33.1 Å². The Kier molecular flexibility index (Phi) is 3.89. The van der Waals surface area contributed by atoms with Gasteiger partial charge in [-0.05, 0) is 37.3 Å². The number of nitrogen functional groups attached to an aromatic ring is 1. The summed E-state index contributed by atoms with van der Waals surface area (Å²) in [6.07, 6.45) is -4.42. The Labute approximate surface area is 122 Å². The molecule has 2 rings (SSSR count).